The van der Waals surface area contributed by atoms with E-state index in [0.29, 0.717) is 31.2 Å². The maximum absolute atomic E-state index is 12.6. The lowest BCUT2D eigenvalue weighted by Crippen LogP contribution is -2.42. The van der Waals surface area contributed by atoms with E-state index in [2.05, 4.69) is 22.2 Å². The van der Waals surface area contributed by atoms with E-state index in [1.165, 1.54) is 0 Å². The molecule has 1 aliphatic carbocycles. The maximum atomic E-state index is 12.6. The lowest BCUT2D eigenvalue weighted by atomic mass is 10.1. The first-order valence-corrected chi connectivity index (χ1v) is 9.10. The lowest BCUT2D eigenvalue weighted by Gasteiger charge is -2.34. The number of carbonyl (C=O) groups excluding carboxylic acids is 2. The van der Waals surface area contributed by atoms with Crippen molar-refractivity contribution >= 4 is 11.8 Å². The monoisotopic (exact) mass is 353 g/mol. The fraction of sp³-hybridized carbons (Fsp3) is 0.474. The van der Waals surface area contributed by atoms with Crippen molar-refractivity contribution in [1.82, 2.24) is 24.8 Å². The summed E-state index contributed by atoms with van der Waals surface area (Å²) in [6.07, 6.45) is 4.46. The fourth-order valence-electron chi connectivity index (χ4n) is 3.54. The molecule has 136 valence electrons. The van der Waals surface area contributed by atoms with Crippen molar-refractivity contribution in [2.45, 2.75) is 39.4 Å². The minimum atomic E-state index is -0.224. The van der Waals surface area contributed by atoms with Crippen molar-refractivity contribution in [2.24, 2.45) is 11.8 Å². The summed E-state index contributed by atoms with van der Waals surface area (Å²) < 4.78 is 1.99. The topological polar surface area (TPSA) is 80.1 Å². The molecular weight excluding hydrogens is 330 g/mol. The van der Waals surface area contributed by atoms with Crippen LogP contribution in [0.15, 0.2) is 30.6 Å². The highest BCUT2D eigenvalue weighted by Gasteiger charge is 2.44. The number of hydrogen-bond acceptors (Lipinski definition) is 4. The Kier molecular flexibility index (Phi) is 4.22. The van der Waals surface area contributed by atoms with Crippen LogP contribution in [0.25, 0.3) is 0 Å². The number of hydrogen-bond donors (Lipinski definition) is 1. The number of pyridine rings is 1. The first-order valence-electron chi connectivity index (χ1n) is 9.10. The van der Waals surface area contributed by atoms with Crippen LogP contribution in [0, 0.1) is 11.8 Å². The summed E-state index contributed by atoms with van der Waals surface area (Å²) in [6, 6.07) is 5.48. The fourth-order valence-corrected chi connectivity index (χ4v) is 3.54. The summed E-state index contributed by atoms with van der Waals surface area (Å²) in [5.41, 5.74) is 1.19. The second kappa shape index (κ2) is 6.55. The number of imidazole rings is 1. The molecule has 4 rings (SSSR count). The molecule has 3 atom stereocenters. The SMILES string of the molecule is C[C@@H]1C[C@H]1C(=O)N1CCn2cc(C(=O)NCc3ccccn3)nc2[C@@H]1C. The molecule has 0 spiro atoms. The summed E-state index contributed by atoms with van der Waals surface area (Å²) in [5.74, 6) is 1.43. The van der Waals surface area contributed by atoms with Crippen LogP contribution in [0.1, 0.15) is 48.3 Å². The molecule has 3 heterocycles. The van der Waals surface area contributed by atoms with E-state index >= 15 is 0 Å². The van der Waals surface area contributed by atoms with Crippen LogP contribution in [-0.2, 0) is 17.9 Å². The van der Waals surface area contributed by atoms with Gasteiger partial charge in [0.05, 0.1) is 18.3 Å². The minimum absolute atomic E-state index is 0.110. The van der Waals surface area contributed by atoms with E-state index in [1.807, 2.05) is 34.6 Å². The predicted molar refractivity (Wildman–Crippen MR) is 95.0 cm³/mol. The number of fused-ring (bicyclic) bond motifs is 1. The molecule has 2 amide bonds. The van der Waals surface area contributed by atoms with E-state index in [4.69, 9.17) is 0 Å². The molecule has 26 heavy (non-hydrogen) atoms. The third-order valence-electron chi connectivity index (χ3n) is 5.33. The Morgan fingerprint density at radius 3 is 2.77 bits per heavy atom. The Morgan fingerprint density at radius 1 is 1.27 bits per heavy atom. The smallest absolute Gasteiger partial charge is 0.271 e. The number of aromatic nitrogens is 3. The molecule has 2 aromatic heterocycles. The van der Waals surface area contributed by atoms with Gasteiger partial charge in [-0.1, -0.05) is 13.0 Å². The molecule has 2 aliphatic rings. The van der Waals surface area contributed by atoms with Gasteiger partial charge >= 0.3 is 0 Å². The highest BCUT2D eigenvalue weighted by molar-refractivity contribution is 5.92. The zero-order chi connectivity index (χ0) is 18.3. The number of carbonyl (C=O) groups is 2. The van der Waals surface area contributed by atoms with Gasteiger partial charge in [0.25, 0.3) is 5.91 Å². The first-order chi connectivity index (χ1) is 12.5. The zero-order valence-electron chi connectivity index (χ0n) is 15.1. The van der Waals surface area contributed by atoms with Crippen molar-refractivity contribution < 1.29 is 9.59 Å². The minimum Gasteiger partial charge on any atom is -0.345 e. The van der Waals surface area contributed by atoms with Crippen LogP contribution >= 0.6 is 0 Å². The highest BCUT2D eigenvalue weighted by Crippen LogP contribution is 2.41. The molecule has 1 aliphatic heterocycles. The number of nitrogens with one attached hydrogen (secondary N) is 1. The molecule has 1 N–H and O–H groups in total. The van der Waals surface area contributed by atoms with Gasteiger partial charge in [-0.05, 0) is 31.4 Å². The van der Waals surface area contributed by atoms with E-state index in [-0.39, 0.29) is 23.8 Å². The molecule has 0 aromatic carbocycles. The first kappa shape index (κ1) is 16.8. The van der Waals surface area contributed by atoms with Crippen molar-refractivity contribution in [3.8, 4) is 0 Å². The van der Waals surface area contributed by atoms with Gasteiger partial charge in [-0.2, -0.15) is 0 Å². The second-order valence-electron chi connectivity index (χ2n) is 7.21. The molecule has 0 bridgehead atoms. The maximum Gasteiger partial charge on any atom is 0.271 e. The van der Waals surface area contributed by atoms with Gasteiger partial charge in [0.2, 0.25) is 5.91 Å². The molecule has 7 nitrogen and oxygen atoms in total. The van der Waals surface area contributed by atoms with Crippen molar-refractivity contribution in [1.29, 1.82) is 0 Å². The largest absolute Gasteiger partial charge is 0.345 e. The molecule has 0 saturated heterocycles. The lowest BCUT2D eigenvalue weighted by molar-refractivity contribution is -0.136. The quantitative estimate of drug-likeness (QED) is 0.908. The number of amides is 2. The second-order valence-corrected chi connectivity index (χ2v) is 7.21. The average molecular weight is 353 g/mol. The molecule has 0 radical (unpaired) electrons. The third kappa shape index (κ3) is 3.09. The number of nitrogens with zero attached hydrogens (tertiary/aromatic N) is 4. The van der Waals surface area contributed by atoms with Gasteiger partial charge in [0, 0.05) is 31.4 Å². The molecule has 1 fully saturated rings. The summed E-state index contributed by atoms with van der Waals surface area (Å²) in [6.45, 7) is 5.80. The molecule has 2 aromatic rings. The van der Waals surface area contributed by atoms with Gasteiger partial charge in [-0.15, -0.1) is 0 Å². The van der Waals surface area contributed by atoms with Gasteiger partial charge in [-0.3, -0.25) is 14.6 Å². The van der Waals surface area contributed by atoms with Crippen molar-refractivity contribution in [3.05, 3.63) is 47.8 Å². The van der Waals surface area contributed by atoms with Crippen LogP contribution in [0.4, 0.5) is 0 Å². The Bertz CT molecular complexity index is 832. The predicted octanol–water partition coefficient (Wildman–Crippen LogP) is 1.77. The van der Waals surface area contributed by atoms with Crippen LogP contribution in [0.5, 0.6) is 0 Å². The van der Waals surface area contributed by atoms with Gasteiger partial charge in [0.15, 0.2) is 0 Å². The summed E-state index contributed by atoms with van der Waals surface area (Å²) >= 11 is 0. The van der Waals surface area contributed by atoms with E-state index < -0.39 is 0 Å². The Hall–Kier alpha value is -2.70. The summed E-state index contributed by atoms with van der Waals surface area (Å²) in [7, 11) is 0. The van der Waals surface area contributed by atoms with Crippen LogP contribution in [0.3, 0.4) is 0 Å². The zero-order valence-corrected chi connectivity index (χ0v) is 15.1. The number of rotatable bonds is 4. The van der Waals surface area contributed by atoms with E-state index in [1.54, 1.807) is 12.4 Å². The van der Waals surface area contributed by atoms with Gasteiger partial charge in [-0.25, -0.2) is 4.98 Å². The Balaban J connectivity index is 1.45. The van der Waals surface area contributed by atoms with Gasteiger partial charge in [0.1, 0.15) is 11.5 Å². The summed E-state index contributed by atoms with van der Waals surface area (Å²) in [4.78, 5) is 35.6. The Labute approximate surface area is 152 Å². The Morgan fingerprint density at radius 2 is 2.08 bits per heavy atom. The molecular formula is C19H23N5O2. The van der Waals surface area contributed by atoms with Crippen molar-refractivity contribution in [3.63, 3.8) is 0 Å². The van der Waals surface area contributed by atoms with Crippen molar-refractivity contribution in [2.75, 3.05) is 6.54 Å². The highest BCUT2D eigenvalue weighted by atomic mass is 16.2. The standard InChI is InChI=1S/C19H23N5O2/c1-12-9-15(12)19(26)24-8-7-23-11-16(22-17(23)13(24)2)18(25)21-10-14-5-3-4-6-20-14/h3-6,11-13,15H,7-10H2,1-2H3,(H,21,25)/t12-,13+,15-/m1/s1. The van der Waals surface area contributed by atoms with Crippen LogP contribution in [0.2, 0.25) is 0 Å². The van der Waals surface area contributed by atoms with E-state index in [0.717, 1.165) is 17.9 Å². The molecule has 1 saturated carbocycles. The van der Waals surface area contributed by atoms with Crippen LogP contribution < -0.4 is 5.32 Å². The third-order valence-corrected chi connectivity index (χ3v) is 5.33. The van der Waals surface area contributed by atoms with E-state index in [9.17, 15) is 9.59 Å². The van der Waals surface area contributed by atoms with Crippen LogP contribution in [-0.4, -0.2) is 37.8 Å². The summed E-state index contributed by atoms with van der Waals surface area (Å²) in [5, 5.41) is 2.85. The molecule has 0 unspecified atom stereocenters. The van der Waals surface area contributed by atoms with Gasteiger partial charge < -0.3 is 14.8 Å². The average Bonchev–Trinajstić information content (AvgIpc) is 3.21. The molecule has 7 heteroatoms. The normalized spacial score (nSPS) is 24.1.